The van der Waals surface area contributed by atoms with Crippen molar-refractivity contribution >= 4 is 64.3 Å². The highest BCUT2D eigenvalue weighted by Gasteiger charge is 2.55. The molecule has 0 saturated heterocycles. The third-order valence-electron chi connectivity index (χ3n) is 14.9. The van der Waals surface area contributed by atoms with Crippen LogP contribution in [0.5, 0.6) is 0 Å². The standard InChI is InChI=1S/C66H102O3S4.H4O5P2/c1-6-10-14-18-22-26-30-50-70-61-42-34-57(35-43-61)65(68,55-69-56(5)54-67)66(58-36-44-62(45-37-58)71-51-31-27-23-19-15-11-7-2,59-38-46-63(47-39-59)72-52-32-28-24-20-16-12-8-3)60-40-48-64(49-41-60)73-53-33-29-25-21-17-13-9-4;1-6(2)5-7(3)4/h34-49,56,67-68H,6-33,50-55H2,1-5H3;1-4H. The summed E-state index contributed by atoms with van der Waals surface area (Å²) in [5.74, 6) is 4.41. The number of benzene rings is 4. The summed E-state index contributed by atoms with van der Waals surface area (Å²) in [5, 5.41) is 24.7. The molecule has 8 nitrogen and oxygen atoms in total. The molecule has 4 rings (SSSR count). The summed E-state index contributed by atoms with van der Waals surface area (Å²) in [6.07, 6.45) is 36.2. The van der Waals surface area contributed by atoms with Gasteiger partial charge in [0.25, 0.3) is 0 Å². The van der Waals surface area contributed by atoms with Crippen molar-refractivity contribution in [1.82, 2.24) is 0 Å². The fraction of sp³-hybridized carbons (Fsp3) is 0.636. The average molecular weight is 1220 g/mol. The molecule has 452 valence electrons. The number of aliphatic hydroxyl groups is 2. The summed E-state index contributed by atoms with van der Waals surface area (Å²) >= 11 is 7.76. The average Bonchev–Trinajstić information content (AvgIpc) is 3.46. The van der Waals surface area contributed by atoms with Gasteiger partial charge < -0.3 is 34.5 Å². The van der Waals surface area contributed by atoms with Crippen molar-refractivity contribution in [2.45, 2.75) is 251 Å². The monoisotopic (exact) mass is 1220 g/mol. The van der Waals surface area contributed by atoms with Crippen molar-refractivity contribution in [3.63, 3.8) is 0 Å². The van der Waals surface area contributed by atoms with Crippen LogP contribution >= 0.6 is 64.3 Å². The molecule has 0 fully saturated rings. The molecule has 0 aromatic heterocycles. The SMILES string of the molecule is CCCCCCCCCSc1ccc(C(O)(COC(C)CO)C(c2ccc(SCCCCCCCCC)cc2)(c2ccc(SCCCCCCCCC)cc2)c2ccc(SCCCCCCCCC)cc2)cc1.OP(O)OP(O)O. The Morgan fingerprint density at radius 2 is 0.613 bits per heavy atom. The maximum Gasteiger partial charge on any atom is 0.334 e. The Balaban J connectivity index is 0.00000224. The molecule has 4 aromatic rings. The first-order chi connectivity index (χ1) is 39.0. The fourth-order valence-corrected chi connectivity index (χ4v) is 14.4. The van der Waals surface area contributed by atoms with Crippen LogP contribution in [0.3, 0.4) is 0 Å². The molecule has 0 aliphatic rings. The second kappa shape index (κ2) is 46.1. The molecule has 80 heavy (non-hydrogen) atoms. The Hall–Kier alpha value is -1.18. The van der Waals surface area contributed by atoms with E-state index >= 15 is 0 Å². The zero-order chi connectivity index (χ0) is 57.9. The Morgan fingerprint density at radius 1 is 0.375 bits per heavy atom. The van der Waals surface area contributed by atoms with Crippen molar-refractivity contribution in [2.24, 2.45) is 0 Å². The van der Waals surface area contributed by atoms with Gasteiger partial charge in [0, 0.05) is 19.6 Å². The fourth-order valence-electron chi connectivity index (χ4n) is 10.2. The molecule has 0 saturated carbocycles. The van der Waals surface area contributed by atoms with Crippen molar-refractivity contribution in [2.75, 3.05) is 36.2 Å². The van der Waals surface area contributed by atoms with E-state index in [9.17, 15) is 10.2 Å². The summed E-state index contributed by atoms with van der Waals surface area (Å²) in [7, 11) is -5.22. The summed E-state index contributed by atoms with van der Waals surface area (Å²) in [6, 6.07) is 36.2. The summed E-state index contributed by atoms with van der Waals surface area (Å²) in [5.41, 5.74) is 1.23. The van der Waals surface area contributed by atoms with Gasteiger partial charge in [0.1, 0.15) is 5.60 Å². The number of unbranched alkanes of at least 4 members (excludes halogenated alkanes) is 24. The molecule has 4 aromatic carbocycles. The second-order valence-corrected chi connectivity index (χ2v) is 27.8. The highest BCUT2D eigenvalue weighted by atomic mass is 32.2. The Morgan fingerprint density at radius 3 is 0.838 bits per heavy atom. The molecule has 0 aliphatic carbocycles. The van der Waals surface area contributed by atoms with Crippen molar-refractivity contribution in [3.05, 3.63) is 119 Å². The van der Waals surface area contributed by atoms with E-state index < -0.39 is 34.3 Å². The minimum atomic E-state index is -2.61. The Kier molecular flexibility index (Phi) is 42.1. The van der Waals surface area contributed by atoms with E-state index in [0.717, 1.165) is 45.3 Å². The number of rotatable bonds is 47. The molecule has 0 bridgehead atoms. The molecule has 2 atom stereocenters. The Bertz CT molecular complexity index is 1910. The first-order valence-electron chi connectivity index (χ1n) is 30.9. The lowest BCUT2D eigenvalue weighted by Crippen LogP contribution is -2.54. The highest BCUT2D eigenvalue weighted by molar-refractivity contribution is 8.00. The predicted molar refractivity (Wildman–Crippen MR) is 351 cm³/mol. The van der Waals surface area contributed by atoms with Crippen LogP contribution in [0.4, 0.5) is 0 Å². The van der Waals surface area contributed by atoms with Crippen molar-refractivity contribution < 1.29 is 38.8 Å². The number of ether oxygens (including phenoxy) is 1. The second-order valence-electron chi connectivity index (χ2n) is 21.5. The number of hydrogen-bond donors (Lipinski definition) is 6. The van der Waals surface area contributed by atoms with Crippen LogP contribution in [0.1, 0.15) is 237 Å². The van der Waals surface area contributed by atoms with E-state index in [2.05, 4.69) is 129 Å². The molecule has 0 spiro atoms. The van der Waals surface area contributed by atoms with Gasteiger partial charge in [-0.25, -0.2) is 4.31 Å². The minimum Gasteiger partial charge on any atom is -0.394 e. The van der Waals surface area contributed by atoms with E-state index in [1.165, 1.54) is 199 Å². The maximum absolute atomic E-state index is 14.3. The molecular formula is C66H106O8P2S4. The lowest BCUT2D eigenvalue weighted by molar-refractivity contribution is -0.109. The largest absolute Gasteiger partial charge is 0.394 e. The molecule has 0 aliphatic heterocycles. The smallest absolute Gasteiger partial charge is 0.334 e. The topological polar surface area (TPSA) is 140 Å². The van der Waals surface area contributed by atoms with Gasteiger partial charge in [0.05, 0.1) is 24.7 Å². The van der Waals surface area contributed by atoms with Crippen molar-refractivity contribution in [3.8, 4) is 0 Å². The lowest BCUT2D eigenvalue weighted by Gasteiger charge is -2.49. The molecule has 0 amide bonds. The van der Waals surface area contributed by atoms with E-state index in [1.54, 1.807) is 0 Å². The third kappa shape index (κ3) is 28.8. The predicted octanol–water partition coefficient (Wildman–Crippen LogP) is 20.1. The van der Waals surface area contributed by atoms with Gasteiger partial charge in [-0.1, -0.05) is 230 Å². The van der Waals surface area contributed by atoms with E-state index in [1.807, 2.05) is 54.0 Å². The number of thioether (sulfide) groups is 4. The highest BCUT2D eigenvalue weighted by Crippen LogP contribution is 2.54. The lowest BCUT2D eigenvalue weighted by atomic mass is 9.57. The van der Waals surface area contributed by atoms with E-state index in [0.29, 0.717) is 0 Å². The van der Waals surface area contributed by atoms with E-state index in [4.69, 9.17) is 24.3 Å². The normalized spacial score (nSPS) is 13.0. The van der Waals surface area contributed by atoms with Crippen molar-refractivity contribution in [1.29, 1.82) is 0 Å². The summed E-state index contributed by atoms with van der Waals surface area (Å²) in [4.78, 5) is 36.3. The van der Waals surface area contributed by atoms with Gasteiger partial charge >= 0.3 is 17.2 Å². The molecule has 0 radical (unpaired) electrons. The van der Waals surface area contributed by atoms with Crippen LogP contribution in [-0.2, 0) is 20.1 Å². The number of aliphatic hydroxyl groups excluding tert-OH is 1. The van der Waals surface area contributed by atoms with E-state index in [-0.39, 0.29) is 13.2 Å². The van der Waals surface area contributed by atoms with Crippen LogP contribution in [0.15, 0.2) is 117 Å². The van der Waals surface area contributed by atoms with Gasteiger partial charge in [-0.2, -0.15) is 0 Å². The zero-order valence-electron chi connectivity index (χ0n) is 49.9. The molecule has 0 heterocycles. The molecular weight excluding hydrogens is 1110 g/mol. The van der Waals surface area contributed by atoms with Gasteiger partial charge in [0.2, 0.25) is 0 Å². The third-order valence-corrected chi connectivity index (χ3v) is 20.4. The molecule has 6 N–H and O–H groups in total. The van der Waals surface area contributed by atoms with Crippen LogP contribution in [0.2, 0.25) is 0 Å². The molecule has 2 unspecified atom stereocenters. The quantitative estimate of drug-likeness (QED) is 0.0109. The van der Waals surface area contributed by atoms with Gasteiger partial charge in [0.15, 0.2) is 0 Å². The van der Waals surface area contributed by atoms with Crippen LogP contribution < -0.4 is 0 Å². The molecule has 14 heteroatoms. The van der Waals surface area contributed by atoms with Gasteiger partial charge in [-0.15, -0.1) is 47.0 Å². The Labute approximate surface area is 506 Å². The van der Waals surface area contributed by atoms with Crippen LogP contribution in [0, 0.1) is 0 Å². The summed E-state index contributed by atoms with van der Waals surface area (Å²) < 4.78 is 10.2. The first-order valence-corrected chi connectivity index (χ1v) is 37.2. The summed E-state index contributed by atoms with van der Waals surface area (Å²) in [6.45, 7) is 10.9. The minimum absolute atomic E-state index is 0.00246. The number of hydrogen-bond acceptors (Lipinski definition) is 12. The van der Waals surface area contributed by atoms with Gasteiger partial charge in [-0.05, 0) is 126 Å². The van der Waals surface area contributed by atoms with Crippen LogP contribution in [0.25, 0.3) is 0 Å². The zero-order valence-corrected chi connectivity index (χ0v) is 54.9. The van der Waals surface area contributed by atoms with Gasteiger partial charge in [-0.3, -0.25) is 0 Å². The van der Waals surface area contributed by atoms with Crippen LogP contribution in [-0.4, -0.2) is 72.1 Å². The first kappa shape index (κ1) is 73.1. The maximum atomic E-state index is 14.3.